The van der Waals surface area contributed by atoms with Crippen molar-refractivity contribution in [3.63, 3.8) is 0 Å². The van der Waals surface area contributed by atoms with E-state index >= 15 is 0 Å². The molecule has 8 nitrogen and oxygen atoms in total. The largest absolute Gasteiger partial charge is 0.497 e. The van der Waals surface area contributed by atoms with E-state index in [2.05, 4.69) is 42.9 Å². The van der Waals surface area contributed by atoms with Crippen molar-refractivity contribution in [1.82, 2.24) is 15.0 Å². The molecule has 1 N–H and O–H groups in total. The van der Waals surface area contributed by atoms with Gasteiger partial charge in [-0.05, 0) is 66.3 Å². The number of aryl methyl sites for hydroxylation is 1. The molecule has 0 aliphatic carbocycles. The van der Waals surface area contributed by atoms with E-state index in [0.29, 0.717) is 29.4 Å². The minimum Gasteiger partial charge on any atom is -0.497 e. The highest BCUT2D eigenvalue weighted by atomic mass is 127. The molecule has 0 saturated carbocycles. The van der Waals surface area contributed by atoms with E-state index in [1.807, 2.05) is 50.2 Å². The molecule has 2 heterocycles. The summed E-state index contributed by atoms with van der Waals surface area (Å²) in [5, 5.41) is 4.09. The second-order valence-corrected chi connectivity index (χ2v) is 8.64. The van der Waals surface area contributed by atoms with Crippen LogP contribution in [0.15, 0.2) is 42.7 Å². The Morgan fingerprint density at radius 3 is 2.44 bits per heavy atom. The van der Waals surface area contributed by atoms with Gasteiger partial charge < -0.3 is 24.3 Å². The van der Waals surface area contributed by atoms with Crippen LogP contribution in [0.5, 0.6) is 28.9 Å². The van der Waals surface area contributed by atoms with Crippen LogP contribution in [0.4, 0.5) is 5.82 Å². The van der Waals surface area contributed by atoms with Crippen LogP contribution in [0.25, 0.3) is 10.9 Å². The molecule has 2 aromatic carbocycles. The number of anilines is 1. The maximum Gasteiger partial charge on any atom is 0.233 e. The molecular formula is C25H25IN4O4. The quantitative estimate of drug-likeness (QED) is 0.213. The molecule has 4 rings (SSSR count). The topological polar surface area (TPSA) is 87.6 Å². The lowest BCUT2D eigenvalue weighted by Crippen LogP contribution is -2.06. The van der Waals surface area contributed by atoms with Crippen molar-refractivity contribution in [1.29, 1.82) is 0 Å². The predicted octanol–water partition coefficient (Wildman–Crippen LogP) is 5.68. The molecule has 0 fully saturated rings. The fourth-order valence-corrected chi connectivity index (χ4v) is 4.20. The van der Waals surface area contributed by atoms with Gasteiger partial charge in [0.05, 0.1) is 26.8 Å². The van der Waals surface area contributed by atoms with Gasteiger partial charge >= 0.3 is 0 Å². The van der Waals surface area contributed by atoms with Crippen LogP contribution < -0.4 is 24.3 Å². The number of nitrogens with one attached hydrogen (secondary N) is 1. The van der Waals surface area contributed by atoms with Gasteiger partial charge in [0.15, 0.2) is 0 Å². The Balaban J connectivity index is 1.75. The highest BCUT2D eigenvalue weighted by Crippen LogP contribution is 2.38. The van der Waals surface area contributed by atoms with E-state index < -0.39 is 0 Å². The van der Waals surface area contributed by atoms with Gasteiger partial charge in [-0.2, -0.15) is 0 Å². The minimum atomic E-state index is 0.422. The van der Waals surface area contributed by atoms with Crippen LogP contribution in [-0.2, 0) is 6.54 Å². The Morgan fingerprint density at radius 1 is 0.912 bits per heavy atom. The fraction of sp³-hybridized carbons (Fsp3) is 0.240. The number of benzene rings is 2. The van der Waals surface area contributed by atoms with Crippen LogP contribution in [0, 0.1) is 17.5 Å². The summed E-state index contributed by atoms with van der Waals surface area (Å²) in [5.74, 6) is 3.92. The summed E-state index contributed by atoms with van der Waals surface area (Å²) < 4.78 is 23.5. The molecule has 0 saturated heterocycles. The maximum atomic E-state index is 6.39. The molecule has 0 atom stereocenters. The molecule has 0 spiro atoms. The smallest absolute Gasteiger partial charge is 0.233 e. The lowest BCUT2D eigenvalue weighted by atomic mass is 10.1. The van der Waals surface area contributed by atoms with Crippen molar-refractivity contribution in [3.8, 4) is 28.9 Å². The van der Waals surface area contributed by atoms with Crippen molar-refractivity contribution < 1.29 is 18.9 Å². The summed E-state index contributed by atoms with van der Waals surface area (Å²) >= 11 is 2.16. The number of rotatable bonds is 8. The molecule has 0 radical (unpaired) electrons. The highest BCUT2D eigenvalue weighted by molar-refractivity contribution is 14.1. The van der Waals surface area contributed by atoms with Gasteiger partial charge in [-0.3, -0.25) is 0 Å². The summed E-state index contributed by atoms with van der Waals surface area (Å²) in [5.41, 5.74) is 3.55. The Bertz CT molecular complexity index is 1350. The number of halogens is 1. The first kappa shape index (κ1) is 23.8. The second kappa shape index (κ2) is 10.3. The van der Waals surface area contributed by atoms with E-state index in [0.717, 1.165) is 43.2 Å². The van der Waals surface area contributed by atoms with E-state index in [-0.39, 0.29) is 0 Å². The third-order valence-corrected chi connectivity index (χ3v) is 6.02. The standard InChI is InChI=1S/C25H25IN4O4/c1-14-6-9-19(32-4)15(2)23(14)34-25-22-18(11-21(26)30-25)28-13-29-24(22)27-12-16-7-8-17(31-3)10-20(16)33-5/h6-11,13H,12H2,1-5H3,(H,27,28,29). The third-order valence-electron chi connectivity index (χ3n) is 5.47. The molecule has 9 heteroatoms. The van der Waals surface area contributed by atoms with Crippen molar-refractivity contribution in [2.45, 2.75) is 20.4 Å². The molecule has 0 aliphatic rings. The number of hydrogen-bond acceptors (Lipinski definition) is 8. The lowest BCUT2D eigenvalue weighted by Gasteiger charge is -2.17. The summed E-state index contributed by atoms with van der Waals surface area (Å²) in [6.45, 7) is 4.42. The first-order valence-corrected chi connectivity index (χ1v) is 11.6. The number of nitrogens with zero attached hydrogens (tertiary/aromatic N) is 3. The van der Waals surface area contributed by atoms with E-state index in [4.69, 9.17) is 18.9 Å². The van der Waals surface area contributed by atoms with Gasteiger partial charge in [0.1, 0.15) is 44.2 Å². The molecule has 0 amide bonds. The Labute approximate surface area is 211 Å². The van der Waals surface area contributed by atoms with Crippen molar-refractivity contribution in [3.05, 3.63) is 63.1 Å². The average molecular weight is 572 g/mol. The zero-order valence-corrected chi connectivity index (χ0v) is 21.8. The average Bonchev–Trinajstić information content (AvgIpc) is 2.84. The zero-order valence-electron chi connectivity index (χ0n) is 19.6. The fourth-order valence-electron chi connectivity index (χ4n) is 3.69. The van der Waals surface area contributed by atoms with Gasteiger partial charge in [-0.25, -0.2) is 15.0 Å². The molecule has 0 aliphatic heterocycles. The molecule has 34 heavy (non-hydrogen) atoms. The van der Waals surface area contributed by atoms with Gasteiger partial charge in [0, 0.05) is 23.7 Å². The van der Waals surface area contributed by atoms with Crippen LogP contribution >= 0.6 is 22.6 Å². The second-order valence-electron chi connectivity index (χ2n) is 7.54. The molecular weight excluding hydrogens is 547 g/mol. The van der Waals surface area contributed by atoms with E-state index in [9.17, 15) is 0 Å². The van der Waals surface area contributed by atoms with Crippen LogP contribution in [0.2, 0.25) is 0 Å². The Hall–Kier alpha value is -3.34. The van der Waals surface area contributed by atoms with Crippen LogP contribution in [-0.4, -0.2) is 36.3 Å². The Morgan fingerprint density at radius 2 is 1.71 bits per heavy atom. The number of hydrogen-bond donors (Lipinski definition) is 1. The minimum absolute atomic E-state index is 0.422. The summed E-state index contributed by atoms with van der Waals surface area (Å²) in [6, 6.07) is 11.5. The van der Waals surface area contributed by atoms with E-state index in [1.54, 1.807) is 21.3 Å². The van der Waals surface area contributed by atoms with Crippen LogP contribution in [0.1, 0.15) is 16.7 Å². The van der Waals surface area contributed by atoms with Crippen LogP contribution in [0.3, 0.4) is 0 Å². The van der Waals surface area contributed by atoms with E-state index in [1.165, 1.54) is 6.33 Å². The van der Waals surface area contributed by atoms with Crippen molar-refractivity contribution in [2.24, 2.45) is 0 Å². The summed E-state index contributed by atoms with van der Waals surface area (Å²) in [6.07, 6.45) is 1.53. The number of ether oxygens (including phenoxy) is 4. The van der Waals surface area contributed by atoms with Gasteiger partial charge in [-0.1, -0.05) is 6.07 Å². The number of pyridine rings is 1. The summed E-state index contributed by atoms with van der Waals surface area (Å²) in [7, 11) is 4.90. The van der Waals surface area contributed by atoms with Crippen molar-refractivity contribution >= 4 is 39.3 Å². The van der Waals surface area contributed by atoms with Gasteiger partial charge in [0.25, 0.3) is 0 Å². The normalized spacial score (nSPS) is 10.8. The predicted molar refractivity (Wildman–Crippen MR) is 139 cm³/mol. The van der Waals surface area contributed by atoms with Gasteiger partial charge in [0.2, 0.25) is 5.88 Å². The summed E-state index contributed by atoms with van der Waals surface area (Å²) in [4.78, 5) is 13.6. The van der Waals surface area contributed by atoms with Crippen molar-refractivity contribution in [2.75, 3.05) is 26.6 Å². The number of fused-ring (bicyclic) bond motifs is 1. The first-order chi connectivity index (χ1) is 16.4. The SMILES string of the molecule is COc1ccc(CNc2ncnc3cc(I)nc(Oc4c(C)ccc(OC)c4C)c23)c(OC)c1. The zero-order chi connectivity index (χ0) is 24.2. The maximum absolute atomic E-state index is 6.39. The number of aromatic nitrogens is 3. The highest BCUT2D eigenvalue weighted by Gasteiger charge is 2.18. The first-order valence-electron chi connectivity index (χ1n) is 10.5. The lowest BCUT2D eigenvalue weighted by molar-refractivity contribution is 0.391. The molecule has 0 unspecified atom stereocenters. The Kier molecular flexibility index (Phi) is 7.20. The molecule has 176 valence electrons. The van der Waals surface area contributed by atoms with Gasteiger partial charge in [-0.15, -0.1) is 0 Å². The number of methoxy groups -OCH3 is 3. The molecule has 4 aromatic rings. The monoisotopic (exact) mass is 572 g/mol. The molecule has 0 bridgehead atoms. The third kappa shape index (κ3) is 4.79. The molecule has 2 aromatic heterocycles.